The second kappa shape index (κ2) is 5.31. The van der Waals surface area contributed by atoms with Crippen LogP contribution in [0, 0.1) is 13.8 Å². The lowest BCUT2D eigenvalue weighted by atomic mass is 10.0. The van der Waals surface area contributed by atoms with Crippen LogP contribution in [-0.4, -0.2) is 4.98 Å². The number of nitrogens with zero attached hydrogens (tertiary/aromatic N) is 1. The standard InChI is InChI=1S/C16H20N2O/c1-10(2)13-6-5-11(3)15(9-13)19-16-8-7-14(17)12(4)18-16/h5-10H,17H2,1-4H3. The molecule has 2 N–H and O–H groups in total. The number of rotatable bonds is 3. The molecule has 0 aliphatic heterocycles. The predicted molar refractivity (Wildman–Crippen MR) is 78.7 cm³/mol. The zero-order valence-electron chi connectivity index (χ0n) is 11.9. The van der Waals surface area contributed by atoms with E-state index in [-0.39, 0.29) is 0 Å². The molecule has 0 spiro atoms. The summed E-state index contributed by atoms with van der Waals surface area (Å²) in [6, 6.07) is 9.90. The van der Waals surface area contributed by atoms with Crippen molar-refractivity contribution in [3.05, 3.63) is 47.2 Å². The molecule has 0 atom stereocenters. The van der Waals surface area contributed by atoms with Crippen molar-refractivity contribution in [2.45, 2.75) is 33.6 Å². The Balaban J connectivity index is 2.31. The molecule has 0 bridgehead atoms. The monoisotopic (exact) mass is 256 g/mol. The van der Waals surface area contributed by atoms with Crippen molar-refractivity contribution >= 4 is 5.69 Å². The number of aryl methyl sites for hydroxylation is 2. The van der Waals surface area contributed by atoms with Crippen LogP contribution in [0.3, 0.4) is 0 Å². The summed E-state index contributed by atoms with van der Waals surface area (Å²) in [6.45, 7) is 8.24. The lowest BCUT2D eigenvalue weighted by Gasteiger charge is -2.12. The van der Waals surface area contributed by atoms with Crippen LogP contribution >= 0.6 is 0 Å². The van der Waals surface area contributed by atoms with E-state index in [0.717, 1.165) is 17.0 Å². The molecule has 2 rings (SSSR count). The third kappa shape index (κ3) is 3.05. The van der Waals surface area contributed by atoms with E-state index in [1.807, 2.05) is 19.9 Å². The van der Waals surface area contributed by atoms with Crippen LogP contribution in [0.4, 0.5) is 5.69 Å². The van der Waals surface area contributed by atoms with Gasteiger partial charge in [-0.05, 0) is 43.0 Å². The van der Waals surface area contributed by atoms with Gasteiger partial charge in [-0.1, -0.05) is 26.0 Å². The average molecular weight is 256 g/mol. The lowest BCUT2D eigenvalue weighted by molar-refractivity contribution is 0.457. The fraction of sp³-hybridized carbons (Fsp3) is 0.312. The van der Waals surface area contributed by atoms with E-state index in [1.54, 1.807) is 6.07 Å². The molecule has 0 aliphatic carbocycles. The predicted octanol–water partition coefficient (Wildman–Crippen LogP) is 4.20. The maximum Gasteiger partial charge on any atom is 0.219 e. The van der Waals surface area contributed by atoms with Gasteiger partial charge in [-0.15, -0.1) is 0 Å². The Hall–Kier alpha value is -2.03. The minimum Gasteiger partial charge on any atom is -0.439 e. The van der Waals surface area contributed by atoms with E-state index in [1.165, 1.54) is 5.56 Å². The van der Waals surface area contributed by atoms with Gasteiger partial charge < -0.3 is 10.5 Å². The minimum atomic E-state index is 0.476. The Bertz CT molecular complexity index is 591. The molecule has 19 heavy (non-hydrogen) atoms. The van der Waals surface area contributed by atoms with Crippen molar-refractivity contribution in [3.8, 4) is 11.6 Å². The maximum absolute atomic E-state index is 5.87. The molecule has 1 aromatic carbocycles. The highest BCUT2D eigenvalue weighted by Crippen LogP contribution is 2.28. The van der Waals surface area contributed by atoms with E-state index in [9.17, 15) is 0 Å². The molecule has 3 heteroatoms. The molecule has 2 aromatic rings. The number of benzene rings is 1. The molecule has 100 valence electrons. The fourth-order valence-electron chi connectivity index (χ4n) is 1.80. The van der Waals surface area contributed by atoms with Crippen LogP contribution < -0.4 is 10.5 Å². The summed E-state index contributed by atoms with van der Waals surface area (Å²) in [5.74, 6) is 1.91. The van der Waals surface area contributed by atoms with E-state index in [4.69, 9.17) is 10.5 Å². The zero-order chi connectivity index (χ0) is 14.0. The molecule has 0 saturated carbocycles. The number of nitrogen functional groups attached to an aromatic ring is 1. The van der Waals surface area contributed by atoms with E-state index >= 15 is 0 Å². The van der Waals surface area contributed by atoms with Crippen molar-refractivity contribution in [1.82, 2.24) is 4.98 Å². The second-order valence-electron chi connectivity index (χ2n) is 5.11. The fourth-order valence-corrected chi connectivity index (χ4v) is 1.80. The SMILES string of the molecule is Cc1ccc(C(C)C)cc1Oc1ccc(N)c(C)n1. The highest BCUT2D eigenvalue weighted by molar-refractivity contribution is 5.45. The summed E-state index contributed by atoms with van der Waals surface area (Å²) in [4.78, 5) is 4.34. The molecule has 0 saturated heterocycles. The number of ether oxygens (including phenoxy) is 1. The largest absolute Gasteiger partial charge is 0.439 e. The Morgan fingerprint density at radius 1 is 1.11 bits per heavy atom. The van der Waals surface area contributed by atoms with Crippen LogP contribution in [0.25, 0.3) is 0 Å². The third-order valence-corrected chi connectivity index (χ3v) is 3.19. The van der Waals surface area contributed by atoms with Crippen molar-refractivity contribution in [2.24, 2.45) is 0 Å². The molecule has 0 amide bonds. The quantitative estimate of drug-likeness (QED) is 0.895. The number of pyridine rings is 1. The average Bonchev–Trinajstić information content (AvgIpc) is 2.36. The summed E-state index contributed by atoms with van der Waals surface area (Å²) in [6.07, 6.45) is 0. The van der Waals surface area contributed by atoms with Crippen LogP contribution in [0.1, 0.15) is 36.6 Å². The van der Waals surface area contributed by atoms with Gasteiger partial charge in [0.25, 0.3) is 0 Å². The van der Waals surface area contributed by atoms with Crippen LogP contribution in [-0.2, 0) is 0 Å². The topological polar surface area (TPSA) is 48.1 Å². The first kappa shape index (κ1) is 13.4. The van der Waals surface area contributed by atoms with Crippen LogP contribution in [0.15, 0.2) is 30.3 Å². The first-order chi connectivity index (χ1) is 8.97. The lowest BCUT2D eigenvalue weighted by Crippen LogP contribution is -1.97. The van der Waals surface area contributed by atoms with Gasteiger partial charge in [0.15, 0.2) is 0 Å². The molecular formula is C16H20N2O. The minimum absolute atomic E-state index is 0.476. The smallest absolute Gasteiger partial charge is 0.219 e. The normalized spacial score (nSPS) is 10.8. The third-order valence-electron chi connectivity index (χ3n) is 3.19. The first-order valence-corrected chi connectivity index (χ1v) is 6.49. The van der Waals surface area contributed by atoms with Crippen molar-refractivity contribution in [2.75, 3.05) is 5.73 Å². The molecule has 0 unspecified atom stereocenters. The van der Waals surface area contributed by atoms with E-state index in [2.05, 4.69) is 37.0 Å². The summed E-state index contributed by atoms with van der Waals surface area (Å²) in [5, 5.41) is 0. The molecular weight excluding hydrogens is 236 g/mol. The highest BCUT2D eigenvalue weighted by Gasteiger charge is 2.07. The number of hydrogen-bond acceptors (Lipinski definition) is 3. The van der Waals surface area contributed by atoms with Gasteiger partial charge in [0.1, 0.15) is 5.75 Å². The van der Waals surface area contributed by atoms with Gasteiger partial charge >= 0.3 is 0 Å². The molecule has 0 aliphatic rings. The number of hydrogen-bond donors (Lipinski definition) is 1. The summed E-state index contributed by atoms with van der Waals surface area (Å²) in [5.41, 5.74) is 9.58. The molecule has 1 heterocycles. The molecule has 0 fully saturated rings. The molecule has 3 nitrogen and oxygen atoms in total. The van der Waals surface area contributed by atoms with Crippen LogP contribution in [0.5, 0.6) is 11.6 Å². The zero-order valence-corrected chi connectivity index (χ0v) is 11.9. The highest BCUT2D eigenvalue weighted by atomic mass is 16.5. The molecule has 0 radical (unpaired) electrons. The summed E-state index contributed by atoms with van der Waals surface area (Å²) in [7, 11) is 0. The van der Waals surface area contributed by atoms with Gasteiger partial charge in [-0.2, -0.15) is 0 Å². The van der Waals surface area contributed by atoms with Crippen molar-refractivity contribution in [3.63, 3.8) is 0 Å². The van der Waals surface area contributed by atoms with Crippen molar-refractivity contribution in [1.29, 1.82) is 0 Å². The van der Waals surface area contributed by atoms with E-state index < -0.39 is 0 Å². The number of aromatic nitrogens is 1. The van der Waals surface area contributed by atoms with Gasteiger partial charge in [0, 0.05) is 6.07 Å². The van der Waals surface area contributed by atoms with Crippen molar-refractivity contribution < 1.29 is 4.74 Å². The Kier molecular flexibility index (Phi) is 3.74. The van der Waals surface area contributed by atoms with Gasteiger partial charge in [-0.25, -0.2) is 4.98 Å². The van der Waals surface area contributed by atoms with Gasteiger partial charge in [0.2, 0.25) is 5.88 Å². The second-order valence-corrected chi connectivity index (χ2v) is 5.11. The number of anilines is 1. The summed E-state index contributed by atoms with van der Waals surface area (Å²) >= 11 is 0. The van der Waals surface area contributed by atoms with E-state index in [0.29, 0.717) is 17.5 Å². The number of nitrogens with two attached hydrogens (primary N) is 1. The first-order valence-electron chi connectivity index (χ1n) is 6.49. The van der Waals surface area contributed by atoms with Crippen LogP contribution in [0.2, 0.25) is 0 Å². The maximum atomic E-state index is 5.87. The molecule has 1 aromatic heterocycles. The Morgan fingerprint density at radius 3 is 2.47 bits per heavy atom. The van der Waals surface area contributed by atoms with Gasteiger partial charge in [0.05, 0.1) is 11.4 Å². The van der Waals surface area contributed by atoms with Gasteiger partial charge in [-0.3, -0.25) is 0 Å². The Morgan fingerprint density at radius 2 is 1.84 bits per heavy atom. The Labute approximate surface area is 114 Å². The summed E-state index contributed by atoms with van der Waals surface area (Å²) < 4.78 is 5.87.